The first-order valence-electron chi connectivity index (χ1n) is 13.3. The molecule has 0 saturated carbocycles. The molecule has 0 aromatic heterocycles. The lowest BCUT2D eigenvalue weighted by molar-refractivity contribution is -0.130. The number of unbranched alkanes of at least 4 members (excludes halogenated alkanes) is 1. The van der Waals surface area contributed by atoms with Gasteiger partial charge in [-0.15, -0.1) is 0 Å². The summed E-state index contributed by atoms with van der Waals surface area (Å²) in [5.74, 6) is -0.454. The second-order valence-corrected chi connectivity index (χ2v) is 10.1. The molecule has 1 rings (SSSR count). The average molecular weight is 468 g/mol. The highest BCUT2D eigenvalue weighted by atomic mass is 16.3. The summed E-state index contributed by atoms with van der Waals surface area (Å²) in [6, 6.07) is -1.11. The van der Waals surface area contributed by atoms with Crippen molar-refractivity contribution in [1.29, 1.82) is 0 Å². The van der Waals surface area contributed by atoms with E-state index in [9.17, 15) is 19.5 Å². The molecule has 1 aliphatic rings. The summed E-state index contributed by atoms with van der Waals surface area (Å²) in [4.78, 5) is 37.4. The fourth-order valence-electron chi connectivity index (χ4n) is 4.41. The first-order chi connectivity index (χ1) is 15.7. The molecular formula is C26H49N3O4. The van der Waals surface area contributed by atoms with Crippen LogP contribution >= 0.6 is 0 Å². The fourth-order valence-corrected chi connectivity index (χ4v) is 4.41. The lowest BCUT2D eigenvalue weighted by atomic mass is 9.89. The number of aliphatic hydroxyl groups excluding tert-OH is 1. The van der Waals surface area contributed by atoms with Gasteiger partial charge >= 0.3 is 0 Å². The predicted octanol–water partition coefficient (Wildman–Crippen LogP) is 3.83. The Kier molecular flexibility index (Phi) is 15.1. The number of hydrogen-bond donors (Lipinski definition) is 4. The van der Waals surface area contributed by atoms with Gasteiger partial charge in [0.2, 0.25) is 17.7 Å². The first-order valence-corrected chi connectivity index (χ1v) is 13.3. The van der Waals surface area contributed by atoms with Gasteiger partial charge in [-0.3, -0.25) is 14.4 Å². The molecule has 5 atom stereocenters. The Morgan fingerprint density at radius 2 is 1.70 bits per heavy atom. The van der Waals surface area contributed by atoms with E-state index in [1.165, 1.54) is 19.3 Å². The van der Waals surface area contributed by atoms with Crippen LogP contribution in [-0.4, -0.2) is 47.6 Å². The van der Waals surface area contributed by atoms with Crippen LogP contribution in [0.2, 0.25) is 0 Å². The number of rotatable bonds is 7. The van der Waals surface area contributed by atoms with Crippen molar-refractivity contribution in [3.05, 3.63) is 0 Å². The Morgan fingerprint density at radius 1 is 1.06 bits per heavy atom. The van der Waals surface area contributed by atoms with E-state index in [0.717, 1.165) is 44.9 Å². The second kappa shape index (κ2) is 16.9. The van der Waals surface area contributed by atoms with Crippen LogP contribution in [0.5, 0.6) is 0 Å². The van der Waals surface area contributed by atoms with Crippen LogP contribution in [0, 0.1) is 11.8 Å². The summed E-state index contributed by atoms with van der Waals surface area (Å²) in [7, 11) is 0. The number of nitrogens with one attached hydrogen (secondary N) is 3. The highest BCUT2D eigenvalue weighted by Gasteiger charge is 2.28. The van der Waals surface area contributed by atoms with Crippen LogP contribution in [0.1, 0.15) is 111 Å². The lowest BCUT2D eigenvalue weighted by Crippen LogP contribution is -2.52. The molecule has 0 aliphatic carbocycles. The fraction of sp³-hybridized carbons (Fsp3) is 0.885. The SMILES string of the molecule is CCCCNC(=O)C(C)CC(O)[C@@H]1C[C@H](C)CCCCCCCCCC(=O)N[C@@H](C)C(=O)N1. The molecule has 0 radical (unpaired) electrons. The molecule has 33 heavy (non-hydrogen) atoms. The largest absolute Gasteiger partial charge is 0.391 e. The molecule has 0 bridgehead atoms. The van der Waals surface area contributed by atoms with Crippen molar-refractivity contribution in [2.24, 2.45) is 11.8 Å². The minimum absolute atomic E-state index is 0.0632. The van der Waals surface area contributed by atoms with Crippen molar-refractivity contribution in [2.75, 3.05) is 6.54 Å². The van der Waals surface area contributed by atoms with Crippen molar-refractivity contribution in [3.63, 3.8) is 0 Å². The molecule has 1 aliphatic heterocycles. The first kappa shape index (κ1) is 29.4. The molecule has 0 spiro atoms. The topological polar surface area (TPSA) is 108 Å². The number of hydrogen-bond acceptors (Lipinski definition) is 4. The molecule has 7 nitrogen and oxygen atoms in total. The zero-order valence-electron chi connectivity index (χ0n) is 21.5. The highest BCUT2D eigenvalue weighted by molar-refractivity contribution is 5.87. The van der Waals surface area contributed by atoms with Crippen molar-refractivity contribution in [3.8, 4) is 0 Å². The van der Waals surface area contributed by atoms with Gasteiger partial charge in [0.1, 0.15) is 6.04 Å². The summed E-state index contributed by atoms with van der Waals surface area (Å²) >= 11 is 0. The van der Waals surface area contributed by atoms with E-state index in [4.69, 9.17) is 0 Å². The highest BCUT2D eigenvalue weighted by Crippen LogP contribution is 2.21. The summed E-state index contributed by atoms with van der Waals surface area (Å²) < 4.78 is 0. The summed E-state index contributed by atoms with van der Waals surface area (Å²) in [6.07, 6.45) is 11.3. The Labute approximate surface area is 201 Å². The van der Waals surface area contributed by atoms with Gasteiger partial charge in [0.25, 0.3) is 0 Å². The normalized spacial score (nSPS) is 26.4. The standard InChI is InChI=1S/C26H49N3O4/c1-5-6-16-27-25(32)20(3)18-23(30)22-17-19(2)14-12-10-8-7-9-11-13-15-24(31)28-21(4)26(33)29-22/h19-23,30H,5-18H2,1-4H3,(H,27,32)(H,28,31)(H,29,33)/t19-,20?,21+,22+,23?/m1/s1. The van der Waals surface area contributed by atoms with E-state index in [-0.39, 0.29) is 30.1 Å². The summed E-state index contributed by atoms with van der Waals surface area (Å²) in [6.45, 7) is 8.37. The van der Waals surface area contributed by atoms with Gasteiger partial charge in [0, 0.05) is 18.9 Å². The van der Waals surface area contributed by atoms with Gasteiger partial charge in [-0.2, -0.15) is 0 Å². The molecular weight excluding hydrogens is 418 g/mol. The average Bonchev–Trinajstić information content (AvgIpc) is 2.76. The number of aliphatic hydroxyl groups is 1. The van der Waals surface area contributed by atoms with Crippen LogP contribution in [0.15, 0.2) is 0 Å². The summed E-state index contributed by atoms with van der Waals surface area (Å²) in [5.41, 5.74) is 0. The Bertz CT molecular complexity index is 584. The number of carbonyl (C=O) groups is 3. The third-order valence-corrected chi connectivity index (χ3v) is 6.69. The maximum atomic E-state index is 12.8. The van der Waals surface area contributed by atoms with Crippen LogP contribution in [-0.2, 0) is 14.4 Å². The molecule has 1 heterocycles. The molecule has 7 heteroatoms. The van der Waals surface area contributed by atoms with E-state index < -0.39 is 18.2 Å². The Hall–Kier alpha value is -1.63. The third-order valence-electron chi connectivity index (χ3n) is 6.69. The van der Waals surface area contributed by atoms with Crippen LogP contribution < -0.4 is 16.0 Å². The van der Waals surface area contributed by atoms with Gasteiger partial charge in [-0.05, 0) is 38.5 Å². The molecule has 2 unspecified atom stereocenters. The number of carbonyl (C=O) groups excluding carboxylic acids is 3. The van der Waals surface area contributed by atoms with E-state index in [0.29, 0.717) is 25.3 Å². The van der Waals surface area contributed by atoms with Gasteiger partial charge in [-0.25, -0.2) is 0 Å². The predicted molar refractivity (Wildman–Crippen MR) is 133 cm³/mol. The zero-order chi connectivity index (χ0) is 24.6. The molecule has 0 aromatic rings. The molecule has 3 amide bonds. The minimum atomic E-state index is -0.826. The van der Waals surface area contributed by atoms with Gasteiger partial charge in [0.05, 0.1) is 12.1 Å². The number of amides is 3. The molecule has 1 fully saturated rings. The van der Waals surface area contributed by atoms with Crippen LogP contribution in [0.4, 0.5) is 0 Å². The molecule has 4 N–H and O–H groups in total. The van der Waals surface area contributed by atoms with Crippen molar-refractivity contribution >= 4 is 17.7 Å². The Morgan fingerprint density at radius 3 is 2.36 bits per heavy atom. The summed E-state index contributed by atoms with van der Waals surface area (Å²) in [5, 5.41) is 19.7. The van der Waals surface area contributed by atoms with Crippen LogP contribution in [0.25, 0.3) is 0 Å². The van der Waals surface area contributed by atoms with Crippen molar-refractivity contribution in [1.82, 2.24) is 16.0 Å². The zero-order valence-corrected chi connectivity index (χ0v) is 21.5. The van der Waals surface area contributed by atoms with E-state index in [1.807, 2.05) is 6.92 Å². The quantitative estimate of drug-likeness (QED) is 0.427. The minimum Gasteiger partial charge on any atom is -0.391 e. The Balaban J connectivity index is 2.80. The molecule has 1 saturated heterocycles. The second-order valence-electron chi connectivity index (χ2n) is 10.1. The maximum Gasteiger partial charge on any atom is 0.242 e. The molecule has 192 valence electrons. The molecule has 0 aromatic carbocycles. The van der Waals surface area contributed by atoms with E-state index >= 15 is 0 Å². The van der Waals surface area contributed by atoms with Gasteiger partial charge in [0.15, 0.2) is 0 Å². The van der Waals surface area contributed by atoms with Crippen molar-refractivity contribution in [2.45, 2.75) is 129 Å². The monoisotopic (exact) mass is 467 g/mol. The van der Waals surface area contributed by atoms with Gasteiger partial charge < -0.3 is 21.1 Å². The third kappa shape index (κ3) is 13.0. The van der Waals surface area contributed by atoms with E-state index in [1.54, 1.807) is 6.92 Å². The maximum absolute atomic E-state index is 12.8. The van der Waals surface area contributed by atoms with Crippen LogP contribution in [0.3, 0.4) is 0 Å². The lowest BCUT2D eigenvalue weighted by Gasteiger charge is -2.29. The van der Waals surface area contributed by atoms with E-state index in [2.05, 4.69) is 29.8 Å². The van der Waals surface area contributed by atoms with Gasteiger partial charge in [-0.1, -0.05) is 72.1 Å². The smallest absolute Gasteiger partial charge is 0.242 e. The van der Waals surface area contributed by atoms with Crippen molar-refractivity contribution < 1.29 is 19.5 Å².